The molecule has 0 aliphatic carbocycles. The maximum Gasteiger partial charge on any atom is 0.319 e. The van der Waals surface area contributed by atoms with Crippen molar-refractivity contribution in [3.8, 4) is 23.1 Å². The van der Waals surface area contributed by atoms with Crippen LogP contribution in [0.25, 0.3) is 22.2 Å². The van der Waals surface area contributed by atoms with Crippen LogP contribution in [0, 0.1) is 11.3 Å². The molecule has 32 heavy (non-hydrogen) atoms. The van der Waals surface area contributed by atoms with Crippen molar-refractivity contribution in [2.45, 2.75) is 53.0 Å². The quantitative estimate of drug-likeness (QED) is 0.369. The highest BCUT2D eigenvalue weighted by molar-refractivity contribution is 5.96. The Bertz CT molecular complexity index is 1090. The van der Waals surface area contributed by atoms with Crippen LogP contribution in [0.2, 0.25) is 0 Å². The summed E-state index contributed by atoms with van der Waals surface area (Å²) in [5.41, 5.74) is 4.24. The first kappa shape index (κ1) is 23.2. The molecular formula is C26H32N4O2. The van der Waals surface area contributed by atoms with Crippen LogP contribution in [-0.4, -0.2) is 23.7 Å². The van der Waals surface area contributed by atoms with Gasteiger partial charge in [0.1, 0.15) is 11.8 Å². The maximum atomic E-state index is 12.0. The van der Waals surface area contributed by atoms with Gasteiger partial charge in [0.15, 0.2) is 0 Å². The van der Waals surface area contributed by atoms with Crippen molar-refractivity contribution in [1.29, 1.82) is 5.26 Å². The lowest BCUT2D eigenvalue weighted by Crippen LogP contribution is -2.29. The van der Waals surface area contributed by atoms with Gasteiger partial charge in [-0.1, -0.05) is 38.8 Å². The zero-order valence-electron chi connectivity index (χ0n) is 19.2. The highest BCUT2D eigenvalue weighted by atomic mass is 16.5. The number of rotatable bonds is 10. The number of hydrogen-bond acceptors (Lipinski definition) is 3. The van der Waals surface area contributed by atoms with Crippen LogP contribution < -0.4 is 15.4 Å². The first-order valence-corrected chi connectivity index (χ1v) is 11.5. The summed E-state index contributed by atoms with van der Waals surface area (Å²) in [7, 11) is 0. The summed E-state index contributed by atoms with van der Waals surface area (Å²) in [6.07, 6.45) is 4.06. The van der Waals surface area contributed by atoms with E-state index in [2.05, 4.69) is 35.1 Å². The molecule has 0 unspecified atom stereocenters. The molecule has 0 saturated heterocycles. The molecule has 168 valence electrons. The molecule has 0 aliphatic rings. The fourth-order valence-corrected chi connectivity index (χ4v) is 3.81. The second kappa shape index (κ2) is 11.2. The minimum Gasteiger partial charge on any atom is -0.494 e. The van der Waals surface area contributed by atoms with Gasteiger partial charge in [-0.05, 0) is 49.6 Å². The second-order valence-electron chi connectivity index (χ2n) is 7.76. The summed E-state index contributed by atoms with van der Waals surface area (Å²) in [6.45, 7) is 8.29. The molecule has 2 N–H and O–H groups in total. The monoisotopic (exact) mass is 432 g/mol. The number of amides is 2. The van der Waals surface area contributed by atoms with E-state index in [1.54, 1.807) is 0 Å². The third kappa shape index (κ3) is 5.23. The minimum atomic E-state index is -0.204. The number of fused-ring (bicyclic) bond motifs is 1. The largest absolute Gasteiger partial charge is 0.494 e. The Morgan fingerprint density at radius 3 is 2.47 bits per heavy atom. The summed E-state index contributed by atoms with van der Waals surface area (Å²) in [5, 5.41) is 16.7. The number of nitrogens with zero attached hydrogens (tertiary/aromatic N) is 2. The lowest BCUT2D eigenvalue weighted by molar-refractivity contribution is 0.252. The number of ether oxygens (including phenoxy) is 1. The predicted molar refractivity (Wildman–Crippen MR) is 130 cm³/mol. The highest BCUT2D eigenvalue weighted by Crippen LogP contribution is 2.36. The van der Waals surface area contributed by atoms with E-state index in [1.165, 1.54) is 0 Å². The van der Waals surface area contributed by atoms with Crippen LogP contribution in [0.5, 0.6) is 5.75 Å². The summed E-state index contributed by atoms with van der Waals surface area (Å²) in [4.78, 5) is 12.0. The van der Waals surface area contributed by atoms with Crippen LogP contribution in [-0.2, 0) is 6.54 Å². The molecule has 0 bridgehead atoms. The van der Waals surface area contributed by atoms with Crippen molar-refractivity contribution in [1.82, 2.24) is 9.88 Å². The average molecular weight is 433 g/mol. The van der Waals surface area contributed by atoms with Crippen molar-refractivity contribution in [2.24, 2.45) is 0 Å². The van der Waals surface area contributed by atoms with E-state index in [0.717, 1.165) is 65.8 Å². The Labute approximate surface area is 190 Å². The van der Waals surface area contributed by atoms with E-state index in [0.29, 0.717) is 18.7 Å². The topological polar surface area (TPSA) is 79.1 Å². The number of benzene rings is 2. The third-order valence-corrected chi connectivity index (χ3v) is 5.43. The Morgan fingerprint density at radius 1 is 1.06 bits per heavy atom. The minimum absolute atomic E-state index is 0.204. The van der Waals surface area contributed by atoms with E-state index in [4.69, 9.17) is 4.74 Å². The summed E-state index contributed by atoms with van der Waals surface area (Å²) in [6, 6.07) is 15.8. The molecule has 6 heteroatoms. The molecule has 2 amide bonds. The predicted octanol–water partition coefficient (Wildman–Crippen LogP) is 6.30. The fourth-order valence-electron chi connectivity index (χ4n) is 3.81. The number of nitriles is 1. The number of carbonyl (C=O) groups is 1. The van der Waals surface area contributed by atoms with Crippen LogP contribution in [0.3, 0.4) is 0 Å². The molecule has 3 rings (SSSR count). The van der Waals surface area contributed by atoms with Gasteiger partial charge in [-0.3, -0.25) is 0 Å². The first-order chi connectivity index (χ1) is 15.6. The lowest BCUT2D eigenvalue weighted by atomic mass is 10.1. The van der Waals surface area contributed by atoms with Gasteiger partial charge in [-0.2, -0.15) is 5.26 Å². The average Bonchev–Trinajstić information content (AvgIpc) is 3.11. The Kier molecular flexibility index (Phi) is 8.15. The van der Waals surface area contributed by atoms with Crippen molar-refractivity contribution in [2.75, 3.05) is 18.5 Å². The standard InChI is InChI=1S/C26H32N4O2/c1-4-7-15-28-26(31)29-20-11-9-19(10-12-20)25-23(18-27)22-14-13-21(32-6-3)17-24(22)30(25)16-8-5-2/h9-14,17H,4-8,15-16H2,1-3H3,(H2,28,29,31). The zero-order chi connectivity index (χ0) is 22.9. The molecule has 0 aliphatic heterocycles. The number of hydrogen-bond donors (Lipinski definition) is 2. The van der Waals surface area contributed by atoms with Crippen LogP contribution in [0.15, 0.2) is 42.5 Å². The molecule has 1 aromatic heterocycles. The molecule has 3 aromatic rings. The number of urea groups is 1. The molecule has 0 radical (unpaired) electrons. The number of unbranched alkanes of at least 4 members (excludes halogenated alkanes) is 2. The van der Waals surface area contributed by atoms with Crippen molar-refractivity contribution in [3.63, 3.8) is 0 Å². The highest BCUT2D eigenvalue weighted by Gasteiger charge is 2.19. The Hall–Kier alpha value is -3.46. The normalized spacial score (nSPS) is 10.7. The third-order valence-electron chi connectivity index (χ3n) is 5.43. The van der Waals surface area contributed by atoms with Gasteiger partial charge >= 0.3 is 6.03 Å². The van der Waals surface area contributed by atoms with E-state index < -0.39 is 0 Å². The molecule has 0 saturated carbocycles. The second-order valence-corrected chi connectivity index (χ2v) is 7.76. The fraction of sp³-hybridized carbons (Fsp3) is 0.385. The molecule has 6 nitrogen and oxygen atoms in total. The summed E-state index contributed by atoms with van der Waals surface area (Å²) >= 11 is 0. The summed E-state index contributed by atoms with van der Waals surface area (Å²) in [5.74, 6) is 0.805. The van der Waals surface area contributed by atoms with Gasteiger partial charge in [0, 0.05) is 30.2 Å². The van der Waals surface area contributed by atoms with Gasteiger partial charge in [-0.15, -0.1) is 0 Å². The van der Waals surface area contributed by atoms with Gasteiger partial charge in [0.25, 0.3) is 0 Å². The Balaban J connectivity index is 1.97. The van der Waals surface area contributed by atoms with E-state index in [1.807, 2.05) is 49.4 Å². The molecule has 0 atom stereocenters. The van der Waals surface area contributed by atoms with Crippen molar-refractivity contribution in [3.05, 3.63) is 48.0 Å². The van der Waals surface area contributed by atoms with Crippen LogP contribution >= 0.6 is 0 Å². The number of aromatic nitrogens is 1. The molecule has 0 spiro atoms. The number of anilines is 1. The number of aryl methyl sites for hydroxylation is 1. The van der Waals surface area contributed by atoms with Crippen LogP contribution in [0.1, 0.15) is 52.0 Å². The molecule has 1 heterocycles. The lowest BCUT2D eigenvalue weighted by Gasteiger charge is -2.12. The maximum absolute atomic E-state index is 12.0. The Morgan fingerprint density at radius 2 is 1.81 bits per heavy atom. The number of carbonyl (C=O) groups excluding carboxylic acids is 1. The zero-order valence-corrected chi connectivity index (χ0v) is 19.2. The molecular weight excluding hydrogens is 400 g/mol. The molecule has 0 fully saturated rings. The van der Waals surface area contributed by atoms with E-state index in [-0.39, 0.29) is 6.03 Å². The first-order valence-electron chi connectivity index (χ1n) is 11.5. The van der Waals surface area contributed by atoms with Crippen molar-refractivity contribution >= 4 is 22.6 Å². The van der Waals surface area contributed by atoms with Gasteiger partial charge in [-0.25, -0.2) is 4.79 Å². The SMILES string of the molecule is CCCCNC(=O)Nc1ccc(-c2c(C#N)c3ccc(OCC)cc3n2CCCC)cc1. The molecule has 2 aromatic carbocycles. The van der Waals surface area contributed by atoms with Gasteiger partial charge in [0.05, 0.1) is 23.4 Å². The number of nitrogens with one attached hydrogen (secondary N) is 2. The van der Waals surface area contributed by atoms with Gasteiger partial charge in [0.2, 0.25) is 0 Å². The van der Waals surface area contributed by atoms with Crippen molar-refractivity contribution < 1.29 is 9.53 Å². The van der Waals surface area contributed by atoms with E-state index in [9.17, 15) is 10.1 Å². The van der Waals surface area contributed by atoms with Crippen LogP contribution in [0.4, 0.5) is 10.5 Å². The van der Waals surface area contributed by atoms with E-state index >= 15 is 0 Å². The smallest absolute Gasteiger partial charge is 0.319 e. The summed E-state index contributed by atoms with van der Waals surface area (Å²) < 4.78 is 7.93. The van der Waals surface area contributed by atoms with Gasteiger partial charge < -0.3 is 19.9 Å².